The van der Waals surface area contributed by atoms with Crippen LogP contribution in [0.4, 0.5) is 0 Å². The van der Waals surface area contributed by atoms with Crippen LogP contribution in [0.25, 0.3) is 11.1 Å². The Morgan fingerprint density at radius 1 is 0.409 bits per heavy atom. The van der Waals surface area contributed by atoms with Gasteiger partial charge in [-0.25, -0.2) is 0 Å². The van der Waals surface area contributed by atoms with Gasteiger partial charge < -0.3 is 0 Å². The molecule has 0 amide bonds. The molecule has 1 aliphatic rings. The summed E-state index contributed by atoms with van der Waals surface area (Å²) in [5.41, 5.74) is 18.0. The molecule has 1 aliphatic carbocycles. The third kappa shape index (κ3) is 1.64. The molecule has 0 aromatic heterocycles. The smallest absolute Gasteiger partial charge is 0.00789 e. The van der Waals surface area contributed by atoms with Gasteiger partial charge in [0.05, 0.1) is 0 Å². The molecule has 0 spiro atoms. The molecule has 0 heteroatoms. The number of fused-ring (bicyclic) bond motifs is 3. The lowest BCUT2D eigenvalue weighted by molar-refractivity contribution is 0.919. The van der Waals surface area contributed by atoms with Gasteiger partial charge in [0.25, 0.3) is 0 Å². The topological polar surface area (TPSA) is 0 Å². The van der Waals surface area contributed by atoms with Crippen LogP contribution in [0.3, 0.4) is 0 Å². The maximum Gasteiger partial charge on any atom is 0.00789 e. The van der Waals surface area contributed by atoms with Gasteiger partial charge in [0.15, 0.2) is 0 Å². The summed E-state index contributed by atoms with van der Waals surface area (Å²) in [6.07, 6.45) is 0. The fourth-order valence-electron chi connectivity index (χ4n) is 4.55. The standard InChI is InChI=1S/C22H28/c1-10-12(3)16(7)21-19(14(10)5)18(9)20-15(6)11(2)13(4)17(8)22(20)21/h18H,1-9H3. The van der Waals surface area contributed by atoms with Crippen LogP contribution in [-0.4, -0.2) is 0 Å². The average Bonchev–Trinajstić information content (AvgIpc) is 2.80. The lowest BCUT2D eigenvalue weighted by Gasteiger charge is -2.19. The van der Waals surface area contributed by atoms with E-state index in [-0.39, 0.29) is 0 Å². The second kappa shape index (κ2) is 4.72. The van der Waals surface area contributed by atoms with Crippen LogP contribution in [0, 0.1) is 55.4 Å². The minimum atomic E-state index is 0.515. The number of hydrogen-bond donors (Lipinski definition) is 0. The first-order valence-corrected chi connectivity index (χ1v) is 8.40. The maximum absolute atomic E-state index is 2.40. The van der Waals surface area contributed by atoms with E-state index in [1.54, 1.807) is 11.1 Å². The molecule has 0 aliphatic heterocycles. The third-order valence-electron chi connectivity index (χ3n) is 6.59. The summed E-state index contributed by atoms with van der Waals surface area (Å²) in [5.74, 6) is 0.515. The minimum Gasteiger partial charge on any atom is -0.0542 e. The Bertz CT molecular complexity index is 750. The molecule has 0 saturated carbocycles. The van der Waals surface area contributed by atoms with Crippen molar-refractivity contribution in [3.05, 3.63) is 55.6 Å². The predicted molar refractivity (Wildman–Crippen MR) is 97.3 cm³/mol. The summed E-state index contributed by atoms with van der Waals surface area (Å²) in [6.45, 7) is 20.8. The molecule has 2 aromatic carbocycles. The minimum absolute atomic E-state index is 0.515. The van der Waals surface area contributed by atoms with Crippen LogP contribution in [0.1, 0.15) is 68.5 Å². The molecule has 0 nitrogen and oxygen atoms in total. The first kappa shape index (κ1) is 15.3. The lowest BCUT2D eigenvalue weighted by atomic mass is 9.86. The van der Waals surface area contributed by atoms with E-state index >= 15 is 0 Å². The van der Waals surface area contributed by atoms with Crippen LogP contribution in [-0.2, 0) is 0 Å². The van der Waals surface area contributed by atoms with Crippen LogP contribution < -0.4 is 0 Å². The molecule has 0 heterocycles. The molecule has 0 fully saturated rings. The molecule has 116 valence electrons. The SMILES string of the molecule is Cc1c(C)c(C)c2c(c1C)-c1c(C)c(C)c(C)c(C)c1C2C. The molecular formula is C22H28. The van der Waals surface area contributed by atoms with E-state index in [2.05, 4.69) is 62.3 Å². The monoisotopic (exact) mass is 292 g/mol. The van der Waals surface area contributed by atoms with E-state index in [4.69, 9.17) is 0 Å². The molecule has 3 rings (SSSR count). The van der Waals surface area contributed by atoms with E-state index in [9.17, 15) is 0 Å². The van der Waals surface area contributed by atoms with Gasteiger partial charge in [-0.1, -0.05) is 6.92 Å². The molecule has 2 aromatic rings. The van der Waals surface area contributed by atoms with Gasteiger partial charge in [0.1, 0.15) is 0 Å². The Hall–Kier alpha value is -1.56. The highest BCUT2D eigenvalue weighted by atomic mass is 14.4. The van der Waals surface area contributed by atoms with Crippen LogP contribution in [0.2, 0.25) is 0 Å². The van der Waals surface area contributed by atoms with Crippen molar-refractivity contribution in [2.45, 2.75) is 68.2 Å². The van der Waals surface area contributed by atoms with Crippen molar-refractivity contribution in [2.24, 2.45) is 0 Å². The lowest BCUT2D eigenvalue weighted by Crippen LogP contribution is -2.01. The largest absolute Gasteiger partial charge is 0.0542 e. The van der Waals surface area contributed by atoms with Gasteiger partial charge in [0.2, 0.25) is 0 Å². The summed E-state index contributed by atoms with van der Waals surface area (Å²) in [6, 6.07) is 0. The quantitative estimate of drug-likeness (QED) is 0.535. The summed E-state index contributed by atoms with van der Waals surface area (Å²) in [7, 11) is 0. The second-order valence-corrected chi connectivity index (χ2v) is 7.30. The predicted octanol–water partition coefficient (Wildman–Crippen LogP) is 6.29. The van der Waals surface area contributed by atoms with Gasteiger partial charge in [-0.15, -0.1) is 0 Å². The average molecular weight is 292 g/mol. The molecule has 0 radical (unpaired) electrons. The van der Waals surface area contributed by atoms with Gasteiger partial charge in [-0.05, 0) is 122 Å². The fourth-order valence-corrected chi connectivity index (χ4v) is 4.55. The van der Waals surface area contributed by atoms with Crippen molar-refractivity contribution in [1.29, 1.82) is 0 Å². The van der Waals surface area contributed by atoms with Gasteiger partial charge >= 0.3 is 0 Å². The zero-order valence-electron chi connectivity index (χ0n) is 15.6. The summed E-state index contributed by atoms with van der Waals surface area (Å²) in [5, 5.41) is 0. The van der Waals surface area contributed by atoms with Crippen LogP contribution in [0.5, 0.6) is 0 Å². The van der Waals surface area contributed by atoms with Crippen molar-refractivity contribution in [3.8, 4) is 11.1 Å². The molecular weight excluding hydrogens is 264 g/mol. The summed E-state index contributed by atoms with van der Waals surface area (Å²) in [4.78, 5) is 0. The molecule has 0 atom stereocenters. The molecule has 0 N–H and O–H groups in total. The van der Waals surface area contributed by atoms with E-state index in [1.807, 2.05) is 0 Å². The van der Waals surface area contributed by atoms with Gasteiger partial charge in [-0.2, -0.15) is 0 Å². The second-order valence-electron chi connectivity index (χ2n) is 7.30. The molecule has 0 bridgehead atoms. The highest BCUT2D eigenvalue weighted by molar-refractivity contribution is 5.88. The summed E-state index contributed by atoms with van der Waals surface area (Å²) < 4.78 is 0. The molecule has 0 saturated heterocycles. The highest BCUT2D eigenvalue weighted by Gasteiger charge is 2.33. The normalized spacial score (nSPS) is 13.5. The molecule has 22 heavy (non-hydrogen) atoms. The Balaban J connectivity index is 2.56. The van der Waals surface area contributed by atoms with Gasteiger partial charge in [0, 0.05) is 5.92 Å². The summed E-state index contributed by atoms with van der Waals surface area (Å²) >= 11 is 0. The zero-order valence-corrected chi connectivity index (χ0v) is 15.6. The Labute approximate surface area is 135 Å². The number of benzene rings is 2. The Morgan fingerprint density at radius 2 is 0.682 bits per heavy atom. The highest BCUT2D eigenvalue weighted by Crippen LogP contribution is 2.52. The van der Waals surface area contributed by atoms with E-state index in [0.717, 1.165) is 0 Å². The van der Waals surface area contributed by atoms with E-state index in [1.165, 1.54) is 55.6 Å². The van der Waals surface area contributed by atoms with E-state index in [0.29, 0.717) is 5.92 Å². The maximum atomic E-state index is 2.40. The van der Waals surface area contributed by atoms with Gasteiger partial charge in [-0.3, -0.25) is 0 Å². The number of rotatable bonds is 0. The number of hydrogen-bond acceptors (Lipinski definition) is 0. The van der Waals surface area contributed by atoms with Crippen molar-refractivity contribution in [3.63, 3.8) is 0 Å². The van der Waals surface area contributed by atoms with Crippen LogP contribution in [0.15, 0.2) is 0 Å². The van der Waals surface area contributed by atoms with Crippen molar-refractivity contribution >= 4 is 0 Å². The van der Waals surface area contributed by atoms with Crippen molar-refractivity contribution in [2.75, 3.05) is 0 Å². The zero-order chi connectivity index (χ0) is 16.5. The first-order chi connectivity index (χ1) is 10.2. The van der Waals surface area contributed by atoms with Crippen molar-refractivity contribution in [1.82, 2.24) is 0 Å². The van der Waals surface area contributed by atoms with Crippen molar-refractivity contribution < 1.29 is 0 Å². The Morgan fingerprint density at radius 3 is 1.00 bits per heavy atom. The van der Waals surface area contributed by atoms with Crippen LogP contribution >= 0.6 is 0 Å². The molecule has 0 unspecified atom stereocenters. The van der Waals surface area contributed by atoms with E-state index < -0.39 is 0 Å². The first-order valence-electron chi connectivity index (χ1n) is 8.40. The fraction of sp³-hybridized carbons (Fsp3) is 0.455. The third-order valence-corrected chi connectivity index (χ3v) is 6.59. The Kier molecular flexibility index (Phi) is 3.29.